The lowest BCUT2D eigenvalue weighted by atomic mass is 10.2. The lowest BCUT2D eigenvalue weighted by Gasteiger charge is -2.11. The van der Waals surface area contributed by atoms with Crippen molar-refractivity contribution in [3.05, 3.63) is 46.2 Å². The van der Waals surface area contributed by atoms with Crippen LogP contribution in [0.5, 0.6) is 5.75 Å². The van der Waals surface area contributed by atoms with Crippen LogP contribution in [0.25, 0.3) is 0 Å². The summed E-state index contributed by atoms with van der Waals surface area (Å²) in [6, 6.07) is 8.22. The van der Waals surface area contributed by atoms with E-state index in [0.717, 1.165) is 5.56 Å². The third kappa shape index (κ3) is 3.36. The number of nitrogens with one attached hydrogen (secondary N) is 2. The van der Waals surface area contributed by atoms with Crippen molar-refractivity contribution in [2.75, 3.05) is 12.4 Å². The van der Waals surface area contributed by atoms with Gasteiger partial charge in [-0.3, -0.25) is 10.1 Å². The second-order valence-corrected chi connectivity index (χ2v) is 5.04. The number of rotatable bonds is 3. The third-order valence-electron chi connectivity index (χ3n) is 2.58. The van der Waals surface area contributed by atoms with Crippen LogP contribution in [0.4, 0.5) is 10.5 Å². The van der Waals surface area contributed by atoms with Gasteiger partial charge in [-0.15, -0.1) is 11.3 Å². The number of anilines is 1. The molecule has 0 aliphatic heterocycles. The molecule has 0 spiro atoms. The maximum Gasteiger partial charge on any atom is 0.326 e. The molecule has 104 valence electrons. The van der Waals surface area contributed by atoms with Crippen LogP contribution in [0.3, 0.4) is 0 Å². The van der Waals surface area contributed by atoms with Crippen molar-refractivity contribution in [3.8, 4) is 5.75 Å². The number of imide groups is 1. The molecule has 3 amide bonds. The quantitative estimate of drug-likeness (QED) is 0.913. The lowest BCUT2D eigenvalue weighted by Crippen LogP contribution is -2.34. The molecule has 0 saturated heterocycles. The summed E-state index contributed by atoms with van der Waals surface area (Å²) in [5, 5.41) is 6.65. The predicted molar refractivity (Wildman–Crippen MR) is 78.5 cm³/mol. The largest absolute Gasteiger partial charge is 0.495 e. The second-order valence-electron chi connectivity index (χ2n) is 4.09. The highest BCUT2D eigenvalue weighted by Crippen LogP contribution is 2.25. The predicted octanol–water partition coefficient (Wildman–Crippen LogP) is 3.03. The maximum absolute atomic E-state index is 11.8. The van der Waals surface area contributed by atoms with Gasteiger partial charge in [-0.05, 0) is 36.1 Å². The number of benzene rings is 1. The molecular weight excluding hydrogens is 276 g/mol. The topological polar surface area (TPSA) is 67.4 Å². The molecule has 2 aromatic rings. The number of hydrogen-bond acceptors (Lipinski definition) is 4. The van der Waals surface area contributed by atoms with E-state index < -0.39 is 11.9 Å². The number of aryl methyl sites for hydroxylation is 1. The van der Waals surface area contributed by atoms with E-state index in [9.17, 15) is 9.59 Å². The zero-order valence-corrected chi connectivity index (χ0v) is 11.9. The SMILES string of the molecule is COc1ccc(C)cc1NC(=O)NC(=O)c1cccs1. The summed E-state index contributed by atoms with van der Waals surface area (Å²) in [5.74, 6) is 0.110. The van der Waals surface area contributed by atoms with Crippen LogP contribution < -0.4 is 15.4 Å². The molecule has 0 aliphatic carbocycles. The molecule has 1 aromatic heterocycles. The minimum absolute atomic E-state index is 0.427. The van der Waals surface area contributed by atoms with Crippen molar-refractivity contribution in [3.63, 3.8) is 0 Å². The Bertz CT molecular complexity index is 623. The smallest absolute Gasteiger partial charge is 0.326 e. The number of hydrogen-bond donors (Lipinski definition) is 2. The van der Waals surface area contributed by atoms with Gasteiger partial charge in [-0.2, -0.15) is 0 Å². The number of amides is 3. The van der Waals surface area contributed by atoms with E-state index in [1.807, 2.05) is 13.0 Å². The van der Waals surface area contributed by atoms with Gasteiger partial charge in [-0.25, -0.2) is 4.79 Å². The van der Waals surface area contributed by atoms with E-state index in [0.29, 0.717) is 16.3 Å². The average molecular weight is 290 g/mol. The number of carbonyl (C=O) groups is 2. The van der Waals surface area contributed by atoms with Crippen LogP contribution in [0.15, 0.2) is 35.7 Å². The number of thiophene rings is 1. The zero-order valence-electron chi connectivity index (χ0n) is 11.1. The fraction of sp³-hybridized carbons (Fsp3) is 0.143. The van der Waals surface area contributed by atoms with Gasteiger partial charge >= 0.3 is 6.03 Å². The van der Waals surface area contributed by atoms with Crippen LogP contribution in [-0.2, 0) is 0 Å². The molecule has 1 heterocycles. The first-order valence-corrected chi connectivity index (χ1v) is 6.78. The fourth-order valence-electron chi connectivity index (χ4n) is 1.65. The summed E-state index contributed by atoms with van der Waals surface area (Å²) in [4.78, 5) is 24.0. The minimum Gasteiger partial charge on any atom is -0.495 e. The molecule has 6 heteroatoms. The van der Waals surface area contributed by atoms with Crippen molar-refractivity contribution >= 4 is 29.0 Å². The van der Waals surface area contributed by atoms with Crippen LogP contribution >= 0.6 is 11.3 Å². The summed E-state index contributed by atoms with van der Waals surface area (Å²) in [5.41, 5.74) is 1.50. The van der Waals surface area contributed by atoms with Crippen molar-refractivity contribution < 1.29 is 14.3 Å². The number of carbonyl (C=O) groups excluding carboxylic acids is 2. The van der Waals surface area contributed by atoms with Crippen molar-refractivity contribution in [2.45, 2.75) is 6.92 Å². The first-order valence-electron chi connectivity index (χ1n) is 5.90. The monoisotopic (exact) mass is 290 g/mol. The van der Waals surface area contributed by atoms with Gasteiger partial charge in [0.2, 0.25) is 0 Å². The Morgan fingerprint density at radius 3 is 2.70 bits per heavy atom. The fourth-order valence-corrected chi connectivity index (χ4v) is 2.26. The van der Waals surface area contributed by atoms with Gasteiger partial charge in [0, 0.05) is 0 Å². The molecule has 0 unspecified atom stereocenters. The molecule has 2 rings (SSSR count). The Kier molecular flexibility index (Phi) is 4.37. The molecule has 0 fully saturated rings. The summed E-state index contributed by atoms with van der Waals surface area (Å²) < 4.78 is 5.15. The number of ether oxygens (including phenoxy) is 1. The summed E-state index contributed by atoms with van der Waals surface area (Å²) in [6.45, 7) is 1.90. The van der Waals surface area contributed by atoms with Gasteiger partial charge in [0.05, 0.1) is 17.7 Å². The highest BCUT2D eigenvalue weighted by atomic mass is 32.1. The van der Waals surface area contributed by atoms with E-state index in [4.69, 9.17) is 4.74 Å². The van der Waals surface area contributed by atoms with Crippen molar-refractivity contribution in [1.82, 2.24) is 5.32 Å². The zero-order chi connectivity index (χ0) is 14.5. The Hall–Kier alpha value is -2.34. The van der Waals surface area contributed by atoms with E-state index >= 15 is 0 Å². The second kappa shape index (κ2) is 6.21. The normalized spacial score (nSPS) is 9.90. The molecule has 1 aromatic carbocycles. The van der Waals surface area contributed by atoms with Gasteiger partial charge in [-0.1, -0.05) is 12.1 Å². The Balaban J connectivity index is 2.05. The standard InChI is InChI=1S/C14H14N2O3S/c1-9-5-6-11(19-2)10(8-9)15-14(18)16-13(17)12-4-3-7-20-12/h3-8H,1-2H3,(H2,15,16,17,18). The highest BCUT2D eigenvalue weighted by Gasteiger charge is 2.13. The lowest BCUT2D eigenvalue weighted by molar-refractivity contribution is 0.0971. The third-order valence-corrected chi connectivity index (χ3v) is 3.44. The molecule has 0 aliphatic rings. The molecule has 2 N–H and O–H groups in total. The van der Waals surface area contributed by atoms with Crippen molar-refractivity contribution in [1.29, 1.82) is 0 Å². The van der Waals surface area contributed by atoms with E-state index in [1.165, 1.54) is 18.4 Å². The average Bonchev–Trinajstić information content (AvgIpc) is 2.92. The summed E-state index contributed by atoms with van der Waals surface area (Å²) in [6.07, 6.45) is 0. The molecule has 5 nitrogen and oxygen atoms in total. The number of urea groups is 1. The van der Waals surface area contributed by atoms with Crippen LogP contribution in [-0.4, -0.2) is 19.0 Å². The summed E-state index contributed by atoms with van der Waals surface area (Å²) in [7, 11) is 1.52. The number of methoxy groups -OCH3 is 1. The highest BCUT2D eigenvalue weighted by molar-refractivity contribution is 7.12. The van der Waals surface area contributed by atoms with Gasteiger partial charge in [0.25, 0.3) is 5.91 Å². The van der Waals surface area contributed by atoms with Gasteiger partial charge < -0.3 is 10.1 Å². The van der Waals surface area contributed by atoms with Crippen LogP contribution in [0, 0.1) is 6.92 Å². The van der Waals surface area contributed by atoms with E-state index in [2.05, 4.69) is 10.6 Å². The molecule has 0 saturated carbocycles. The van der Waals surface area contributed by atoms with Crippen LogP contribution in [0.1, 0.15) is 15.2 Å². The van der Waals surface area contributed by atoms with E-state index in [-0.39, 0.29) is 0 Å². The van der Waals surface area contributed by atoms with Gasteiger partial charge in [0.1, 0.15) is 5.75 Å². The van der Waals surface area contributed by atoms with Crippen LogP contribution in [0.2, 0.25) is 0 Å². The first kappa shape index (κ1) is 14.1. The summed E-state index contributed by atoms with van der Waals surface area (Å²) >= 11 is 1.27. The Morgan fingerprint density at radius 1 is 1.25 bits per heavy atom. The van der Waals surface area contributed by atoms with E-state index in [1.54, 1.807) is 29.6 Å². The molecule has 0 atom stereocenters. The Morgan fingerprint density at radius 2 is 2.05 bits per heavy atom. The molecular formula is C14H14N2O3S. The Labute approximate surface area is 120 Å². The minimum atomic E-state index is -0.590. The first-order chi connectivity index (χ1) is 9.60. The molecule has 0 radical (unpaired) electrons. The maximum atomic E-state index is 11.8. The van der Waals surface area contributed by atoms with Gasteiger partial charge in [0.15, 0.2) is 0 Å². The molecule has 0 bridgehead atoms. The molecule has 20 heavy (non-hydrogen) atoms. The van der Waals surface area contributed by atoms with Crippen molar-refractivity contribution in [2.24, 2.45) is 0 Å².